The van der Waals surface area contributed by atoms with Gasteiger partial charge in [0.25, 0.3) is 5.56 Å². The highest BCUT2D eigenvalue weighted by atomic mass is 16.5. The molecule has 0 amide bonds. The van der Waals surface area contributed by atoms with Crippen LogP contribution < -0.4 is 5.56 Å². The first-order chi connectivity index (χ1) is 9.64. The first-order valence-corrected chi connectivity index (χ1v) is 7.91. The fourth-order valence-electron chi connectivity index (χ4n) is 3.85. The van der Waals surface area contributed by atoms with Gasteiger partial charge in [0, 0.05) is 12.2 Å². The summed E-state index contributed by atoms with van der Waals surface area (Å²) in [6, 6.07) is 0. The summed E-state index contributed by atoms with van der Waals surface area (Å²) < 4.78 is 6.11. The Hall–Kier alpha value is -1.16. The van der Waals surface area contributed by atoms with Gasteiger partial charge in [0.1, 0.15) is 11.4 Å². The molecule has 1 fully saturated rings. The standard InChI is InChI=1S/C16H24N2O2/c1-3-20-16(9-5-6-11(2)10-16)15-17-13-8-4-7-12(13)14(19)18-15/h11H,3-10H2,1-2H3,(H,17,18,19). The first kappa shape index (κ1) is 13.8. The van der Waals surface area contributed by atoms with E-state index in [9.17, 15) is 4.79 Å². The second kappa shape index (κ2) is 5.32. The van der Waals surface area contributed by atoms with Gasteiger partial charge in [0.05, 0.1) is 5.69 Å². The monoisotopic (exact) mass is 276 g/mol. The average molecular weight is 276 g/mol. The predicted octanol–water partition coefficient (Wildman–Crippen LogP) is 2.70. The van der Waals surface area contributed by atoms with Gasteiger partial charge in [-0.25, -0.2) is 4.98 Å². The summed E-state index contributed by atoms with van der Waals surface area (Å²) in [5.74, 6) is 1.39. The number of hydrogen-bond donors (Lipinski definition) is 1. The third kappa shape index (κ3) is 2.30. The van der Waals surface area contributed by atoms with Crippen LogP contribution in [0.15, 0.2) is 4.79 Å². The van der Waals surface area contributed by atoms with Crippen LogP contribution in [0.4, 0.5) is 0 Å². The van der Waals surface area contributed by atoms with Gasteiger partial charge >= 0.3 is 0 Å². The normalized spacial score (nSPS) is 29.4. The van der Waals surface area contributed by atoms with Crippen molar-refractivity contribution < 1.29 is 4.74 Å². The Labute approximate surface area is 120 Å². The van der Waals surface area contributed by atoms with Crippen LogP contribution in [-0.2, 0) is 23.2 Å². The summed E-state index contributed by atoms with van der Waals surface area (Å²) >= 11 is 0. The van der Waals surface area contributed by atoms with E-state index < -0.39 is 0 Å². The highest BCUT2D eigenvalue weighted by Gasteiger charge is 2.40. The number of nitrogens with one attached hydrogen (secondary N) is 1. The van der Waals surface area contributed by atoms with Crippen LogP contribution in [0.5, 0.6) is 0 Å². The Morgan fingerprint density at radius 2 is 2.25 bits per heavy atom. The van der Waals surface area contributed by atoms with E-state index in [4.69, 9.17) is 9.72 Å². The SMILES string of the molecule is CCOC1(c2nc3c(c(=O)[nH]2)CCC3)CCCC(C)C1. The average Bonchev–Trinajstić information content (AvgIpc) is 2.88. The highest BCUT2D eigenvalue weighted by molar-refractivity contribution is 5.24. The smallest absolute Gasteiger partial charge is 0.254 e. The molecule has 0 bridgehead atoms. The summed E-state index contributed by atoms with van der Waals surface area (Å²) in [7, 11) is 0. The fraction of sp³-hybridized carbons (Fsp3) is 0.750. The minimum Gasteiger partial charge on any atom is -0.367 e. The summed E-state index contributed by atoms with van der Waals surface area (Å²) in [6.07, 6.45) is 7.16. The fourth-order valence-corrected chi connectivity index (χ4v) is 3.85. The molecule has 2 aliphatic rings. The lowest BCUT2D eigenvalue weighted by Crippen LogP contribution is -2.39. The minimum atomic E-state index is -0.372. The van der Waals surface area contributed by atoms with Gasteiger partial charge in [-0.2, -0.15) is 0 Å². The van der Waals surface area contributed by atoms with Crippen molar-refractivity contribution in [3.63, 3.8) is 0 Å². The van der Waals surface area contributed by atoms with E-state index in [1.807, 2.05) is 6.92 Å². The molecule has 0 aliphatic heterocycles. The largest absolute Gasteiger partial charge is 0.367 e. The molecule has 4 nitrogen and oxygen atoms in total. The molecular weight excluding hydrogens is 252 g/mol. The number of aryl methyl sites for hydroxylation is 1. The molecule has 1 aromatic heterocycles. The lowest BCUT2D eigenvalue weighted by atomic mass is 9.78. The number of fused-ring (bicyclic) bond motifs is 1. The molecule has 1 saturated carbocycles. The van der Waals surface area contributed by atoms with Gasteiger partial charge in [0.15, 0.2) is 0 Å². The van der Waals surface area contributed by atoms with Crippen LogP contribution in [-0.4, -0.2) is 16.6 Å². The Morgan fingerprint density at radius 3 is 3.00 bits per heavy atom. The molecule has 1 aromatic rings. The Bertz CT molecular complexity index is 548. The van der Waals surface area contributed by atoms with Crippen molar-refractivity contribution in [1.82, 2.24) is 9.97 Å². The molecule has 1 N–H and O–H groups in total. The molecule has 0 aromatic carbocycles. The summed E-state index contributed by atoms with van der Waals surface area (Å²) in [6.45, 7) is 4.94. The van der Waals surface area contributed by atoms with Crippen molar-refractivity contribution in [1.29, 1.82) is 0 Å². The topological polar surface area (TPSA) is 55.0 Å². The maximum atomic E-state index is 12.3. The zero-order chi connectivity index (χ0) is 14.2. The number of aromatic nitrogens is 2. The molecule has 1 heterocycles. The van der Waals surface area contributed by atoms with E-state index in [1.165, 1.54) is 6.42 Å². The molecule has 2 atom stereocenters. The molecule has 20 heavy (non-hydrogen) atoms. The predicted molar refractivity (Wildman–Crippen MR) is 77.8 cm³/mol. The third-order valence-corrected chi connectivity index (χ3v) is 4.75. The van der Waals surface area contributed by atoms with Crippen LogP contribution in [0.1, 0.15) is 63.0 Å². The molecule has 0 spiro atoms. The summed E-state index contributed by atoms with van der Waals surface area (Å²) in [5, 5.41) is 0. The molecule has 2 unspecified atom stereocenters. The van der Waals surface area contributed by atoms with Crippen molar-refractivity contribution in [2.24, 2.45) is 5.92 Å². The van der Waals surface area contributed by atoms with Crippen LogP contribution in [0.3, 0.4) is 0 Å². The third-order valence-electron chi connectivity index (χ3n) is 4.75. The number of ether oxygens (including phenoxy) is 1. The Kier molecular flexibility index (Phi) is 3.67. The van der Waals surface area contributed by atoms with Gasteiger partial charge in [-0.15, -0.1) is 0 Å². The van der Waals surface area contributed by atoms with Gasteiger partial charge in [0.2, 0.25) is 0 Å². The highest BCUT2D eigenvalue weighted by Crippen LogP contribution is 2.41. The van der Waals surface area contributed by atoms with Crippen molar-refractivity contribution in [2.45, 2.75) is 64.4 Å². The number of aromatic amines is 1. The zero-order valence-corrected chi connectivity index (χ0v) is 12.5. The van der Waals surface area contributed by atoms with Crippen LogP contribution in [0, 0.1) is 5.92 Å². The number of rotatable bonds is 3. The first-order valence-electron chi connectivity index (χ1n) is 7.91. The van der Waals surface area contributed by atoms with E-state index in [1.54, 1.807) is 0 Å². The van der Waals surface area contributed by atoms with E-state index in [0.717, 1.165) is 55.6 Å². The molecule has 0 saturated heterocycles. The molecule has 4 heteroatoms. The van der Waals surface area contributed by atoms with Crippen LogP contribution in [0.25, 0.3) is 0 Å². The molecule has 2 aliphatic carbocycles. The number of H-pyrrole nitrogens is 1. The second-order valence-electron chi connectivity index (χ2n) is 6.32. The van der Waals surface area contributed by atoms with Crippen molar-refractivity contribution in [3.8, 4) is 0 Å². The summed E-state index contributed by atoms with van der Waals surface area (Å²) in [5.41, 5.74) is 1.58. The van der Waals surface area contributed by atoms with Gasteiger partial charge < -0.3 is 9.72 Å². The lowest BCUT2D eigenvalue weighted by molar-refractivity contribution is -0.0883. The molecule has 0 radical (unpaired) electrons. The van der Waals surface area contributed by atoms with Crippen molar-refractivity contribution in [2.75, 3.05) is 6.61 Å². The Morgan fingerprint density at radius 1 is 1.40 bits per heavy atom. The van der Waals surface area contributed by atoms with Crippen molar-refractivity contribution in [3.05, 3.63) is 27.4 Å². The molecular formula is C16H24N2O2. The van der Waals surface area contributed by atoms with Crippen molar-refractivity contribution >= 4 is 0 Å². The Balaban J connectivity index is 2.03. The maximum absolute atomic E-state index is 12.3. The molecule has 3 rings (SSSR count). The van der Waals surface area contributed by atoms with Crippen LogP contribution >= 0.6 is 0 Å². The minimum absolute atomic E-state index is 0.0554. The summed E-state index contributed by atoms with van der Waals surface area (Å²) in [4.78, 5) is 20.1. The van der Waals surface area contributed by atoms with Gasteiger partial charge in [-0.05, 0) is 51.4 Å². The number of hydrogen-bond acceptors (Lipinski definition) is 3. The number of nitrogens with zero attached hydrogens (tertiary/aromatic N) is 1. The van der Waals surface area contributed by atoms with E-state index in [-0.39, 0.29) is 11.2 Å². The second-order valence-corrected chi connectivity index (χ2v) is 6.32. The lowest BCUT2D eigenvalue weighted by Gasteiger charge is -2.38. The van der Waals surface area contributed by atoms with E-state index >= 15 is 0 Å². The van der Waals surface area contributed by atoms with Gasteiger partial charge in [-0.3, -0.25) is 4.79 Å². The van der Waals surface area contributed by atoms with E-state index in [2.05, 4.69) is 11.9 Å². The molecule has 110 valence electrons. The van der Waals surface area contributed by atoms with E-state index in [0.29, 0.717) is 12.5 Å². The zero-order valence-electron chi connectivity index (χ0n) is 12.5. The maximum Gasteiger partial charge on any atom is 0.254 e. The van der Waals surface area contributed by atoms with Crippen LogP contribution in [0.2, 0.25) is 0 Å². The quantitative estimate of drug-likeness (QED) is 0.923. The van der Waals surface area contributed by atoms with Gasteiger partial charge in [-0.1, -0.05) is 13.3 Å².